The third kappa shape index (κ3) is 8.68. The Kier molecular flexibility index (Phi) is 11.3. The standard InChI is InChI=1S/C29H32ClFN2O2S/c1-2-3-17-32-29(35)27(18-22-9-5-4-6-10-22)33(19-24-11-7-8-12-26(24)31)28(34)21-36-20-23-13-15-25(30)16-14-23/h4-16,27H,2-3,17-21H2,1H3,(H,32,35). The zero-order valence-corrected chi connectivity index (χ0v) is 22.0. The van der Waals surface area contributed by atoms with Crippen LogP contribution in [0.2, 0.25) is 5.02 Å². The number of hydrogen-bond acceptors (Lipinski definition) is 3. The second kappa shape index (κ2) is 14.7. The third-order valence-electron chi connectivity index (χ3n) is 5.81. The van der Waals surface area contributed by atoms with Crippen molar-refractivity contribution in [2.75, 3.05) is 12.3 Å². The molecule has 0 saturated carbocycles. The highest BCUT2D eigenvalue weighted by Crippen LogP contribution is 2.20. The van der Waals surface area contributed by atoms with Gasteiger partial charge in [-0.2, -0.15) is 0 Å². The van der Waals surface area contributed by atoms with Gasteiger partial charge in [-0.25, -0.2) is 4.39 Å². The van der Waals surface area contributed by atoms with Gasteiger partial charge in [-0.1, -0.05) is 85.6 Å². The van der Waals surface area contributed by atoms with E-state index in [4.69, 9.17) is 11.6 Å². The molecule has 3 rings (SSSR count). The van der Waals surface area contributed by atoms with Gasteiger partial charge in [0.2, 0.25) is 11.8 Å². The van der Waals surface area contributed by atoms with Gasteiger partial charge in [0.05, 0.1) is 5.75 Å². The van der Waals surface area contributed by atoms with Gasteiger partial charge >= 0.3 is 0 Å². The van der Waals surface area contributed by atoms with Crippen LogP contribution in [0.1, 0.15) is 36.5 Å². The Morgan fingerprint density at radius 1 is 0.972 bits per heavy atom. The number of halogens is 2. The molecule has 7 heteroatoms. The first-order valence-electron chi connectivity index (χ1n) is 12.1. The van der Waals surface area contributed by atoms with E-state index in [1.165, 1.54) is 22.7 Å². The topological polar surface area (TPSA) is 49.4 Å². The van der Waals surface area contributed by atoms with Crippen molar-refractivity contribution in [3.63, 3.8) is 0 Å². The molecule has 36 heavy (non-hydrogen) atoms. The molecule has 0 bridgehead atoms. The molecule has 1 unspecified atom stereocenters. The van der Waals surface area contributed by atoms with Gasteiger partial charge in [0.1, 0.15) is 11.9 Å². The fourth-order valence-electron chi connectivity index (χ4n) is 3.79. The molecule has 190 valence electrons. The van der Waals surface area contributed by atoms with Crippen molar-refractivity contribution < 1.29 is 14.0 Å². The Balaban J connectivity index is 1.83. The summed E-state index contributed by atoms with van der Waals surface area (Å²) in [5.74, 6) is -0.0231. The van der Waals surface area contributed by atoms with Crippen LogP contribution in [0.3, 0.4) is 0 Å². The van der Waals surface area contributed by atoms with Crippen LogP contribution in [0.15, 0.2) is 78.9 Å². The van der Waals surface area contributed by atoms with Gasteiger partial charge in [-0.05, 0) is 35.7 Å². The first-order valence-corrected chi connectivity index (χ1v) is 13.7. The second-order valence-corrected chi connectivity index (χ2v) is 10.0. The molecule has 0 heterocycles. The Labute approximate surface area is 222 Å². The summed E-state index contributed by atoms with van der Waals surface area (Å²) in [7, 11) is 0. The Bertz CT molecular complexity index is 1110. The van der Waals surface area contributed by atoms with Gasteiger partial charge < -0.3 is 10.2 Å². The first kappa shape index (κ1) is 27.8. The lowest BCUT2D eigenvalue weighted by Gasteiger charge is -2.31. The molecular weight excluding hydrogens is 495 g/mol. The number of unbranched alkanes of at least 4 members (excludes halogenated alkanes) is 1. The summed E-state index contributed by atoms with van der Waals surface area (Å²) in [5, 5.41) is 3.64. The summed E-state index contributed by atoms with van der Waals surface area (Å²) in [6.45, 7) is 2.61. The number of amides is 2. The molecule has 0 aromatic heterocycles. The van der Waals surface area contributed by atoms with Gasteiger partial charge in [0, 0.05) is 35.8 Å². The minimum atomic E-state index is -0.757. The van der Waals surface area contributed by atoms with E-state index < -0.39 is 11.9 Å². The van der Waals surface area contributed by atoms with Crippen LogP contribution in [0, 0.1) is 5.82 Å². The Morgan fingerprint density at radius 3 is 2.36 bits per heavy atom. The molecule has 0 aliphatic carbocycles. The highest BCUT2D eigenvalue weighted by Gasteiger charge is 2.30. The number of benzene rings is 3. The highest BCUT2D eigenvalue weighted by atomic mass is 35.5. The fraction of sp³-hybridized carbons (Fsp3) is 0.310. The van der Waals surface area contributed by atoms with E-state index in [-0.39, 0.29) is 24.1 Å². The molecule has 0 radical (unpaired) electrons. The maximum Gasteiger partial charge on any atom is 0.243 e. The lowest BCUT2D eigenvalue weighted by molar-refractivity contribution is -0.139. The lowest BCUT2D eigenvalue weighted by atomic mass is 10.0. The number of carbonyl (C=O) groups excluding carboxylic acids is 2. The van der Waals surface area contributed by atoms with Gasteiger partial charge in [0.15, 0.2) is 0 Å². The van der Waals surface area contributed by atoms with Crippen LogP contribution >= 0.6 is 23.4 Å². The second-order valence-electron chi connectivity index (χ2n) is 8.58. The molecule has 3 aromatic rings. The monoisotopic (exact) mass is 526 g/mol. The molecule has 0 fully saturated rings. The zero-order valence-electron chi connectivity index (χ0n) is 20.5. The zero-order chi connectivity index (χ0) is 25.8. The molecule has 0 saturated heterocycles. The minimum Gasteiger partial charge on any atom is -0.354 e. The van der Waals surface area contributed by atoms with Gasteiger partial charge in [0.25, 0.3) is 0 Å². The summed E-state index contributed by atoms with van der Waals surface area (Å²) < 4.78 is 14.6. The molecular formula is C29H32ClFN2O2S. The summed E-state index contributed by atoms with van der Waals surface area (Å²) in [4.78, 5) is 28.4. The Morgan fingerprint density at radius 2 is 1.67 bits per heavy atom. The molecule has 1 N–H and O–H groups in total. The molecule has 4 nitrogen and oxygen atoms in total. The van der Waals surface area contributed by atoms with E-state index >= 15 is 0 Å². The van der Waals surface area contributed by atoms with E-state index in [1.807, 2.05) is 54.6 Å². The van der Waals surface area contributed by atoms with Crippen molar-refractivity contribution in [2.45, 2.75) is 44.5 Å². The summed E-state index contributed by atoms with van der Waals surface area (Å²) >= 11 is 7.43. The van der Waals surface area contributed by atoms with Crippen LogP contribution in [0.4, 0.5) is 4.39 Å². The number of carbonyl (C=O) groups is 2. The number of thioether (sulfide) groups is 1. The molecule has 0 aliphatic heterocycles. The maximum absolute atomic E-state index is 14.6. The van der Waals surface area contributed by atoms with Crippen LogP contribution in [0.5, 0.6) is 0 Å². The molecule has 0 aliphatic rings. The highest BCUT2D eigenvalue weighted by molar-refractivity contribution is 7.99. The smallest absolute Gasteiger partial charge is 0.243 e. The predicted molar refractivity (Wildman–Crippen MR) is 146 cm³/mol. The number of hydrogen-bond donors (Lipinski definition) is 1. The minimum absolute atomic E-state index is 0.0196. The molecule has 3 aromatic carbocycles. The quantitative estimate of drug-likeness (QED) is 0.267. The number of nitrogens with zero attached hydrogens (tertiary/aromatic N) is 1. The molecule has 1 atom stereocenters. The SMILES string of the molecule is CCCCNC(=O)C(Cc1ccccc1)N(Cc1ccccc1F)C(=O)CSCc1ccc(Cl)cc1. The van der Waals surface area contributed by atoms with E-state index in [0.717, 1.165) is 24.0 Å². The van der Waals surface area contributed by atoms with E-state index in [2.05, 4.69) is 12.2 Å². The van der Waals surface area contributed by atoms with E-state index in [0.29, 0.717) is 29.3 Å². The third-order valence-corrected chi connectivity index (χ3v) is 7.05. The number of nitrogens with one attached hydrogen (secondary N) is 1. The predicted octanol–water partition coefficient (Wildman–Crippen LogP) is 6.27. The number of rotatable bonds is 13. The van der Waals surface area contributed by atoms with Crippen molar-refractivity contribution in [1.82, 2.24) is 10.2 Å². The molecule has 2 amide bonds. The van der Waals surface area contributed by atoms with Crippen LogP contribution in [-0.2, 0) is 28.3 Å². The van der Waals surface area contributed by atoms with Crippen molar-refractivity contribution >= 4 is 35.2 Å². The average Bonchev–Trinajstić information content (AvgIpc) is 2.89. The van der Waals surface area contributed by atoms with Gasteiger partial charge in [-0.15, -0.1) is 11.8 Å². The van der Waals surface area contributed by atoms with Gasteiger partial charge in [-0.3, -0.25) is 9.59 Å². The van der Waals surface area contributed by atoms with Crippen molar-refractivity contribution in [2.24, 2.45) is 0 Å². The first-order chi connectivity index (χ1) is 17.5. The maximum atomic E-state index is 14.6. The van der Waals surface area contributed by atoms with Crippen LogP contribution in [0.25, 0.3) is 0 Å². The summed E-state index contributed by atoms with van der Waals surface area (Å²) in [6.07, 6.45) is 2.14. The molecule has 0 spiro atoms. The summed E-state index contributed by atoms with van der Waals surface area (Å²) in [6, 6.07) is 22.7. The summed E-state index contributed by atoms with van der Waals surface area (Å²) in [5.41, 5.74) is 2.37. The van der Waals surface area contributed by atoms with Crippen LogP contribution in [-0.4, -0.2) is 35.1 Å². The average molecular weight is 527 g/mol. The lowest BCUT2D eigenvalue weighted by Crippen LogP contribution is -2.51. The van der Waals surface area contributed by atoms with Crippen LogP contribution < -0.4 is 5.32 Å². The van der Waals surface area contributed by atoms with Crippen molar-refractivity contribution in [1.29, 1.82) is 0 Å². The normalized spacial score (nSPS) is 11.6. The van der Waals surface area contributed by atoms with E-state index in [1.54, 1.807) is 18.2 Å². The Hall–Kier alpha value is -2.83. The van der Waals surface area contributed by atoms with Crippen molar-refractivity contribution in [3.8, 4) is 0 Å². The largest absolute Gasteiger partial charge is 0.354 e. The fourth-order valence-corrected chi connectivity index (χ4v) is 4.79. The van der Waals surface area contributed by atoms with Crippen molar-refractivity contribution in [3.05, 3.63) is 106 Å². The van der Waals surface area contributed by atoms with E-state index in [9.17, 15) is 14.0 Å².